The van der Waals surface area contributed by atoms with Gasteiger partial charge in [-0.2, -0.15) is 0 Å². The number of halogens is 2. The molecule has 102 valence electrons. The lowest BCUT2D eigenvalue weighted by molar-refractivity contribution is 0.283. The summed E-state index contributed by atoms with van der Waals surface area (Å²) in [5, 5.41) is 3.32. The van der Waals surface area contributed by atoms with Gasteiger partial charge in [0.05, 0.1) is 13.3 Å². The Labute approximate surface area is 107 Å². The lowest BCUT2D eigenvalue weighted by atomic mass is 10.1. The third-order valence-electron chi connectivity index (χ3n) is 2.68. The van der Waals surface area contributed by atoms with E-state index in [9.17, 15) is 8.78 Å². The van der Waals surface area contributed by atoms with E-state index in [1.807, 2.05) is 6.92 Å². The van der Waals surface area contributed by atoms with Crippen LogP contribution in [-0.4, -0.2) is 19.8 Å². The van der Waals surface area contributed by atoms with E-state index in [4.69, 9.17) is 4.74 Å². The SMILES string of the molecule is CCCNC(C)c1ccc(F)cc1OCCCF. The largest absolute Gasteiger partial charge is 0.493 e. The van der Waals surface area contributed by atoms with E-state index < -0.39 is 6.67 Å². The topological polar surface area (TPSA) is 21.3 Å². The fourth-order valence-corrected chi connectivity index (χ4v) is 1.70. The van der Waals surface area contributed by atoms with Crippen molar-refractivity contribution >= 4 is 0 Å². The molecule has 0 aliphatic heterocycles. The summed E-state index contributed by atoms with van der Waals surface area (Å²) in [4.78, 5) is 0. The second-order valence-electron chi connectivity index (χ2n) is 4.25. The third kappa shape index (κ3) is 4.61. The fraction of sp³-hybridized carbons (Fsp3) is 0.571. The zero-order valence-corrected chi connectivity index (χ0v) is 11.0. The van der Waals surface area contributed by atoms with Gasteiger partial charge in [-0.05, 0) is 26.0 Å². The molecule has 0 heterocycles. The molecular formula is C14H21F2NO. The predicted molar refractivity (Wildman–Crippen MR) is 69.2 cm³/mol. The van der Waals surface area contributed by atoms with Crippen LogP contribution in [-0.2, 0) is 0 Å². The minimum atomic E-state index is -0.422. The minimum Gasteiger partial charge on any atom is -0.493 e. The van der Waals surface area contributed by atoms with Crippen molar-refractivity contribution < 1.29 is 13.5 Å². The lowest BCUT2D eigenvalue weighted by Crippen LogP contribution is -2.20. The van der Waals surface area contributed by atoms with Crippen molar-refractivity contribution in [2.45, 2.75) is 32.7 Å². The van der Waals surface area contributed by atoms with Crippen molar-refractivity contribution in [3.63, 3.8) is 0 Å². The summed E-state index contributed by atoms with van der Waals surface area (Å²) in [7, 11) is 0. The molecule has 0 aliphatic rings. The Morgan fingerprint density at radius 3 is 2.83 bits per heavy atom. The summed E-state index contributed by atoms with van der Waals surface area (Å²) >= 11 is 0. The van der Waals surface area contributed by atoms with Crippen molar-refractivity contribution in [1.29, 1.82) is 0 Å². The first kappa shape index (κ1) is 14.9. The summed E-state index contributed by atoms with van der Waals surface area (Å²) in [5.41, 5.74) is 0.906. The zero-order chi connectivity index (χ0) is 13.4. The van der Waals surface area contributed by atoms with E-state index in [1.54, 1.807) is 6.07 Å². The highest BCUT2D eigenvalue weighted by atomic mass is 19.1. The van der Waals surface area contributed by atoms with Gasteiger partial charge in [-0.25, -0.2) is 4.39 Å². The Morgan fingerprint density at radius 2 is 2.17 bits per heavy atom. The average molecular weight is 257 g/mol. The molecule has 0 saturated carbocycles. The van der Waals surface area contributed by atoms with Gasteiger partial charge in [-0.3, -0.25) is 4.39 Å². The Hall–Kier alpha value is -1.16. The molecule has 0 radical (unpaired) electrons. The van der Waals surface area contributed by atoms with Crippen LogP contribution in [0, 0.1) is 5.82 Å². The van der Waals surface area contributed by atoms with Gasteiger partial charge in [0.2, 0.25) is 0 Å². The molecule has 1 aromatic carbocycles. The van der Waals surface area contributed by atoms with E-state index in [0.29, 0.717) is 12.2 Å². The van der Waals surface area contributed by atoms with Gasteiger partial charge in [-0.15, -0.1) is 0 Å². The molecule has 1 N–H and O–H groups in total. The number of alkyl halides is 1. The highest BCUT2D eigenvalue weighted by molar-refractivity contribution is 5.36. The first-order valence-corrected chi connectivity index (χ1v) is 6.40. The smallest absolute Gasteiger partial charge is 0.126 e. The Morgan fingerprint density at radius 1 is 1.39 bits per heavy atom. The van der Waals surface area contributed by atoms with Crippen molar-refractivity contribution in [3.05, 3.63) is 29.6 Å². The Bertz CT molecular complexity index is 358. The molecule has 2 nitrogen and oxygen atoms in total. The van der Waals surface area contributed by atoms with Crippen molar-refractivity contribution in [2.75, 3.05) is 19.8 Å². The van der Waals surface area contributed by atoms with Crippen LogP contribution >= 0.6 is 0 Å². The predicted octanol–water partition coefficient (Wildman–Crippen LogP) is 3.62. The van der Waals surface area contributed by atoms with E-state index in [0.717, 1.165) is 18.5 Å². The number of benzene rings is 1. The van der Waals surface area contributed by atoms with Crippen molar-refractivity contribution in [1.82, 2.24) is 5.32 Å². The van der Waals surface area contributed by atoms with Crippen LogP contribution in [0.1, 0.15) is 38.3 Å². The maximum atomic E-state index is 13.2. The lowest BCUT2D eigenvalue weighted by Gasteiger charge is -2.18. The zero-order valence-electron chi connectivity index (χ0n) is 11.0. The molecule has 1 aromatic rings. The van der Waals surface area contributed by atoms with Crippen molar-refractivity contribution in [3.8, 4) is 5.75 Å². The standard InChI is InChI=1S/C14H21F2NO/c1-3-8-17-11(2)13-6-5-12(16)10-14(13)18-9-4-7-15/h5-6,10-11,17H,3-4,7-9H2,1-2H3. The third-order valence-corrected chi connectivity index (χ3v) is 2.68. The van der Waals surface area contributed by atoms with E-state index in [2.05, 4.69) is 12.2 Å². The fourth-order valence-electron chi connectivity index (χ4n) is 1.70. The van der Waals surface area contributed by atoms with Gasteiger partial charge in [0.25, 0.3) is 0 Å². The van der Waals surface area contributed by atoms with Crippen LogP contribution in [0.15, 0.2) is 18.2 Å². The molecule has 0 aliphatic carbocycles. The van der Waals surface area contributed by atoms with Crippen LogP contribution in [0.2, 0.25) is 0 Å². The first-order chi connectivity index (χ1) is 8.69. The molecule has 1 rings (SSSR count). The van der Waals surface area contributed by atoms with E-state index >= 15 is 0 Å². The quantitative estimate of drug-likeness (QED) is 0.718. The summed E-state index contributed by atoms with van der Waals surface area (Å²) in [6, 6.07) is 4.58. The minimum absolute atomic E-state index is 0.0888. The van der Waals surface area contributed by atoms with Crippen LogP contribution in [0.5, 0.6) is 5.75 Å². The molecule has 1 atom stereocenters. The maximum absolute atomic E-state index is 13.2. The van der Waals surface area contributed by atoms with Crippen LogP contribution < -0.4 is 10.1 Å². The number of ether oxygens (including phenoxy) is 1. The molecule has 0 aromatic heterocycles. The van der Waals surface area contributed by atoms with Gasteiger partial charge >= 0.3 is 0 Å². The molecule has 0 spiro atoms. The van der Waals surface area contributed by atoms with Gasteiger partial charge in [0, 0.05) is 24.1 Å². The summed E-state index contributed by atoms with van der Waals surface area (Å²) < 4.78 is 30.7. The molecule has 0 fully saturated rings. The average Bonchev–Trinajstić information content (AvgIpc) is 2.36. The molecule has 18 heavy (non-hydrogen) atoms. The van der Waals surface area contributed by atoms with Crippen molar-refractivity contribution in [2.24, 2.45) is 0 Å². The highest BCUT2D eigenvalue weighted by Gasteiger charge is 2.12. The summed E-state index contributed by atoms with van der Waals surface area (Å²) in [5.74, 6) is 0.163. The van der Waals surface area contributed by atoms with E-state index in [-0.39, 0.29) is 18.5 Å². The van der Waals surface area contributed by atoms with E-state index in [1.165, 1.54) is 12.1 Å². The molecule has 0 amide bonds. The number of hydrogen-bond acceptors (Lipinski definition) is 2. The van der Waals surface area contributed by atoms with Gasteiger partial charge in [0.15, 0.2) is 0 Å². The molecule has 4 heteroatoms. The van der Waals surface area contributed by atoms with Gasteiger partial charge < -0.3 is 10.1 Å². The second-order valence-corrected chi connectivity index (χ2v) is 4.25. The Balaban J connectivity index is 2.74. The number of hydrogen-bond donors (Lipinski definition) is 1. The van der Waals surface area contributed by atoms with Crippen LogP contribution in [0.3, 0.4) is 0 Å². The van der Waals surface area contributed by atoms with Gasteiger partial charge in [-0.1, -0.05) is 13.0 Å². The molecule has 0 bridgehead atoms. The van der Waals surface area contributed by atoms with Gasteiger partial charge in [0.1, 0.15) is 11.6 Å². The number of rotatable bonds is 8. The monoisotopic (exact) mass is 257 g/mol. The normalized spacial score (nSPS) is 12.4. The summed E-state index contributed by atoms with van der Waals surface area (Å²) in [6.07, 6.45) is 1.36. The summed E-state index contributed by atoms with van der Waals surface area (Å²) in [6.45, 7) is 4.83. The van der Waals surface area contributed by atoms with Crippen LogP contribution in [0.25, 0.3) is 0 Å². The highest BCUT2D eigenvalue weighted by Crippen LogP contribution is 2.26. The molecular weight excluding hydrogens is 236 g/mol. The molecule has 0 saturated heterocycles. The Kier molecular flexibility index (Phi) is 6.65. The number of nitrogens with one attached hydrogen (secondary N) is 1. The molecule has 1 unspecified atom stereocenters. The van der Waals surface area contributed by atoms with Crippen LogP contribution in [0.4, 0.5) is 8.78 Å². The maximum Gasteiger partial charge on any atom is 0.126 e. The second kappa shape index (κ2) is 8.03. The first-order valence-electron chi connectivity index (χ1n) is 6.40.